The van der Waals surface area contributed by atoms with E-state index >= 15 is 0 Å². The van der Waals surface area contributed by atoms with Gasteiger partial charge in [-0.3, -0.25) is 0 Å². The van der Waals surface area contributed by atoms with Crippen LogP contribution in [0.1, 0.15) is 16.7 Å². The van der Waals surface area contributed by atoms with Gasteiger partial charge in [-0.1, -0.05) is 95.6 Å². The van der Waals surface area contributed by atoms with Crippen LogP contribution < -0.4 is 4.90 Å². The highest BCUT2D eigenvalue weighted by Gasteiger charge is 2.22. The summed E-state index contributed by atoms with van der Waals surface area (Å²) in [5, 5.41) is 4.78. The third-order valence-corrected chi connectivity index (χ3v) is 9.57. The van der Waals surface area contributed by atoms with E-state index in [0.29, 0.717) is 0 Å². The molecule has 9 aromatic rings. The molecule has 3 heteroatoms. The summed E-state index contributed by atoms with van der Waals surface area (Å²) in [5.41, 5.74) is 14.7. The minimum atomic E-state index is 0.888. The molecule has 0 N–H and O–H groups in total. The van der Waals surface area contributed by atoms with Gasteiger partial charge in [0, 0.05) is 44.0 Å². The molecule has 0 aliphatic carbocycles. The van der Waals surface area contributed by atoms with E-state index in [2.05, 4.69) is 170 Å². The van der Waals surface area contributed by atoms with Crippen LogP contribution in [0.5, 0.6) is 0 Å². The number of hydrogen-bond donors (Lipinski definition) is 0. The van der Waals surface area contributed by atoms with Crippen LogP contribution in [0.25, 0.3) is 60.6 Å². The molecule has 2 heterocycles. The lowest BCUT2D eigenvalue weighted by molar-refractivity contribution is 0.669. The quantitative estimate of drug-likeness (QED) is 0.191. The molecular weight excluding hydrogens is 585 g/mol. The van der Waals surface area contributed by atoms with Gasteiger partial charge in [-0.15, -0.1) is 0 Å². The molecule has 230 valence electrons. The summed E-state index contributed by atoms with van der Waals surface area (Å²) >= 11 is 0. The second-order valence-electron chi connectivity index (χ2n) is 12.9. The lowest BCUT2D eigenvalue weighted by Gasteiger charge is -2.28. The Morgan fingerprint density at radius 1 is 0.438 bits per heavy atom. The van der Waals surface area contributed by atoms with Gasteiger partial charge in [0.15, 0.2) is 0 Å². The molecule has 0 atom stereocenters. The SMILES string of the molecule is Cc1ccc(N(c2ccc3oc4ccccc4c3c2)c2ccccc2-c2ccccc2-n2c3ccc(C)cc3c3cc(C)ccc32)cc1. The molecule has 3 nitrogen and oxygen atoms in total. The van der Waals surface area contributed by atoms with E-state index in [1.165, 1.54) is 44.1 Å². The van der Waals surface area contributed by atoms with Crippen molar-refractivity contribution >= 4 is 60.8 Å². The number of hydrogen-bond acceptors (Lipinski definition) is 2. The zero-order chi connectivity index (χ0) is 32.4. The van der Waals surface area contributed by atoms with Crippen molar-refractivity contribution in [3.8, 4) is 16.8 Å². The number of furan rings is 1. The molecule has 7 aromatic carbocycles. The Kier molecular flexibility index (Phi) is 6.48. The van der Waals surface area contributed by atoms with Crippen LogP contribution in [0.2, 0.25) is 0 Å². The first-order valence-electron chi connectivity index (χ1n) is 16.5. The molecule has 48 heavy (non-hydrogen) atoms. The molecule has 0 spiro atoms. The van der Waals surface area contributed by atoms with Crippen molar-refractivity contribution in [2.24, 2.45) is 0 Å². The van der Waals surface area contributed by atoms with Gasteiger partial charge < -0.3 is 13.9 Å². The molecule has 0 bridgehead atoms. The van der Waals surface area contributed by atoms with Crippen LogP contribution in [-0.2, 0) is 0 Å². The predicted molar refractivity (Wildman–Crippen MR) is 202 cm³/mol. The summed E-state index contributed by atoms with van der Waals surface area (Å²) in [4.78, 5) is 2.38. The maximum Gasteiger partial charge on any atom is 0.135 e. The summed E-state index contributed by atoms with van der Waals surface area (Å²) in [6, 6.07) is 54.8. The van der Waals surface area contributed by atoms with Crippen molar-refractivity contribution in [1.82, 2.24) is 4.57 Å². The third kappa shape index (κ3) is 4.51. The Morgan fingerprint density at radius 3 is 1.77 bits per heavy atom. The molecule has 2 aromatic heterocycles. The molecule has 0 saturated heterocycles. The first-order valence-corrected chi connectivity index (χ1v) is 16.5. The van der Waals surface area contributed by atoms with Gasteiger partial charge in [-0.25, -0.2) is 0 Å². The lowest BCUT2D eigenvalue weighted by atomic mass is 9.99. The molecular formula is C45H34N2O. The smallest absolute Gasteiger partial charge is 0.135 e. The number of rotatable bonds is 5. The number of anilines is 3. The first-order chi connectivity index (χ1) is 23.5. The van der Waals surface area contributed by atoms with Crippen LogP contribution in [0.15, 0.2) is 156 Å². The molecule has 0 saturated carbocycles. The highest BCUT2D eigenvalue weighted by Crippen LogP contribution is 2.45. The second kappa shape index (κ2) is 11.0. The molecule has 9 rings (SSSR count). The van der Waals surface area contributed by atoms with Crippen LogP contribution >= 0.6 is 0 Å². The summed E-state index contributed by atoms with van der Waals surface area (Å²) in [5.74, 6) is 0. The number of aromatic nitrogens is 1. The molecule has 0 amide bonds. The first kappa shape index (κ1) is 28.2. The van der Waals surface area contributed by atoms with E-state index in [1.807, 2.05) is 12.1 Å². The molecule has 0 aliphatic rings. The Hall–Kier alpha value is -6.06. The minimum Gasteiger partial charge on any atom is -0.456 e. The predicted octanol–water partition coefficient (Wildman–Crippen LogP) is 12.7. The molecule has 0 radical (unpaired) electrons. The van der Waals surface area contributed by atoms with E-state index in [1.54, 1.807) is 0 Å². The van der Waals surface area contributed by atoms with Crippen LogP contribution in [0.4, 0.5) is 17.1 Å². The van der Waals surface area contributed by atoms with Crippen LogP contribution in [0.3, 0.4) is 0 Å². The van der Waals surface area contributed by atoms with E-state index in [0.717, 1.165) is 50.3 Å². The fraction of sp³-hybridized carbons (Fsp3) is 0.0667. The number of nitrogens with zero attached hydrogens (tertiary/aromatic N) is 2. The Morgan fingerprint density at radius 2 is 1.02 bits per heavy atom. The van der Waals surface area contributed by atoms with Crippen molar-refractivity contribution < 1.29 is 4.42 Å². The van der Waals surface area contributed by atoms with Gasteiger partial charge in [0.25, 0.3) is 0 Å². The summed E-state index contributed by atoms with van der Waals surface area (Å²) in [7, 11) is 0. The molecule has 0 fully saturated rings. The number of benzene rings is 7. The second-order valence-corrected chi connectivity index (χ2v) is 12.9. The van der Waals surface area contributed by atoms with E-state index < -0.39 is 0 Å². The number of para-hydroxylation sites is 3. The highest BCUT2D eigenvalue weighted by molar-refractivity contribution is 6.11. The number of aryl methyl sites for hydroxylation is 3. The van der Waals surface area contributed by atoms with E-state index in [4.69, 9.17) is 4.42 Å². The Labute approximate surface area is 279 Å². The van der Waals surface area contributed by atoms with Crippen molar-refractivity contribution in [3.63, 3.8) is 0 Å². The average Bonchev–Trinajstić information content (AvgIpc) is 3.64. The van der Waals surface area contributed by atoms with E-state index in [-0.39, 0.29) is 0 Å². The largest absolute Gasteiger partial charge is 0.456 e. The monoisotopic (exact) mass is 618 g/mol. The van der Waals surface area contributed by atoms with Gasteiger partial charge in [-0.05, 0) is 93.6 Å². The van der Waals surface area contributed by atoms with Gasteiger partial charge in [-0.2, -0.15) is 0 Å². The van der Waals surface area contributed by atoms with Gasteiger partial charge in [0.1, 0.15) is 11.2 Å². The zero-order valence-electron chi connectivity index (χ0n) is 27.2. The Balaban J connectivity index is 1.30. The fourth-order valence-electron chi connectivity index (χ4n) is 7.28. The normalized spacial score (nSPS) is 11.6. The summed E-state index contributed by atoms with van der Waals surface area (Å²) < 4.78 is 8.67. The van der Waals surface area contributed by atoms with Gasteiger partial charge in [0.2, 0.25) is 0 Å². The fourth-order valence-corrected chi connectivity index (χ4v) is 7.28. The maximum absolute atomic E-state index is 6.23. The van der Waals surface area contributed by atoms with Gasteiger partial charge >= 0.3 is 0 Å². The van der Waals surface area contributed by atoms with Gasteiger partial charge in [0.05, 0.1) is 22.4 Å². The van der Waals surface area contributed by atoms with Crippen molar-refractivity contribution in [1.29, 1.82) is 0 Å². The zero-order valence-corrected chi connectivity index (χ0v) is 27.2. The van der Waals surface area contributed by atoms with Crippen molar-refractivity contribution in [2.75, 3.05) is 4.90 Å². The molecule has 0 unspecified atom stereocenters. The number of fused-ring (bicyclic) bond motifs is 6. The topological polar surface area (TPSA) is 21.3 Å². The van der Waals surface area contributed by atoms with Crippen LogP contribution in [0, 0.1) is 20.8 Å². The summed E-state index contributed by atoms with van der Waals surface area (Å²) in [6.45, 7) is 6.48. The third-order valence-electron chi connectivity index (χ3n) is 9.57. The summed E-state index contributed by atoms with van der Waals surface area (Å²) in [6.07, 6.45) is 0. The lowest BCUT2D eigenvalue weighted by Crippen LogP contribution is -2.11. The maximum atomic E-state index is 6.23. The standard InChI is InChI=1S/C45H34N2O/c1-29-16-20-32(21-17-29)46(33-22-25-45-39(28-33)36-12-6-9-15-44(36)48-45)40-13-7-4-10-34(40)35-11-5-8-14-41(35)47-42-23-18-30(2)26-37(42)38-27-31(3)19-24-43(38)47/h4-28H,1-3H3. The van der Waals surface area contributed by atoms with Crippen molar-refractivity contribution in [2.45, 2.75) is 20.8 Å². The van der Waals surface area contributed by atoms with Crippen molar-refractivity contribution in [3.05, 3.63) is 168 Å². The Bertz CT molecular complexity index is 2600. The molecule has 0 aliphatic heterocycles. The minimum absolute atomic E-state index is 0.888. The highest BCUT2D eigenvalue weighted by atomic mass is 16.3. The van der Waals surface area contributed by atoms with Crippen LogP contribution in [-0.4, -0.2) is 4.57 Å². The average molecular weight is 619 g/mol. The van der Waals surface area contributed by atoms with E-state index in [9.17, 15) is 0 Å².